The molecule has 0 aromatic heterocycles. The largest absolute Gasteiger partial charge is 0.379 e. The third kappa shape index (κ3) is 5.00. The zero-order chi connectivity index (χ0) is 19.1. The van der Waals surface area contributed by atoms with Crippen LogP contribution in [0, 0.1) is 11.3 Å². The highest BCUT2D eigenvalue weighted by atomic mass is 16.5. The van der Waals surface area contributed by atoms with Gasteiger partial charge >= 0.3 is 6.03 Å². The number of carbonyl (C=O) groups excluding carboxylic acids is 1. The number of rotatable bonds is 5. The topological polar surface area (TPSA) is 68.6 Å². The molecule has 6 heteroatoms. The molecule has 3 rings (SSSR count). The molecule has 0 bridgehead atoms. The van der Waals surface area contributed by atoms with Gasteiger partial charge in [0.2, 0.25) is 0 Å². The van der Waals surface area contributed by atoms with Gasteiger partial charge in [-0.3, -0.25) is 4.90 Å². The Morgan fingerprint density at radius 3 is 2.74 bits per heavy atom. The summed E-state index contributed by atoms with van der Waals surface area (Å²) in [6.45, 7) is 4.65. The minimum atomic E-state index is -0.0597. The first-order chi connectivity index (χ1) is 13.1. The predicted octanol–water partition coefficient (Wildman–Crippen LogP) is 2.73. The molecule has 27 heavy (non-hydrogen) atoms. The molecule has 1 heterocycles. The first-order valence-electron chi connectivity index (χ1n) is 9.94. The summed E-state index contributed by atoms with van der Waals surface area (Å²) in [5, 5.41) is 12.2. The summed E-state index contributed by atoms with van der Waals surface area (Å²) in [5.41, 5.74) is 1.65. The van der Waals surface area contributed by atoms with E-state index >= 15 is 0 Å². The average molecular weight is 370 g/mol. The van der Waals surface area contributed by atoms with Crippen LogP contribution in [0.1, 0.15) is 43.2 Å². The van der Waals surface area contributed by atoms with Crippen molar-refractivity contribution in [3.8, 4) is 6.07 Å². The fourth-order valence-corrected chi connectivity index (χ4v) is 4.31. The second-order valence-electron chi connectivity index (χ2n) is 7.71. The second kappa shape index (κ2) is 9.20. The molecular formula is C21H30N4O2. The lowest BCUT2D eigenvalue weighted by atomic mass is 9.80. The molecule has 1 aromatic rings. The van der Waals surface area contributed by atoms with Gasteiger partial charge in [0.05, 0.1) is 24.8 Å². The molecule has 1 N–H and O–H groups in total. The number of ether oxygens (including phenoxy) is 1. The van der Waals surface area contributed by atoms with Crippen LogP contribution in [0.3, 0.4) is 0 Å². The van der Waals surface area contributed by atoms with Gasteiger partial charge in [0.1, 0.15) is 0 Å². The number of carbonyl (C=O) groups is 1. The Morgan fingerprint density at radius 2 is 2.04 bits per heavy atom. The Kier molecular flexibility index (Phi) is 6.70. The molecule has 1 saturated heterocycles. The van der Waals surface area contributed by atoms with Gasteiger partial charge in [-0.2, -0.15) is 5.26 Å². The fourth-order valence-electron chi connectivity index (χ4n) is 4.31. The molecule has 0 radical (unpaired) electrons. The molecular weight excluding hydrogens is 340 g/mol. The summed E-state index contributed by atoms with van der Waals surface area (Å²) >= 11 is 0. The second-order valence-corrected chi connectivity index (χ2v) is 7.71. The fraction of sp³-hybridized carbons (Fsp3) is 0.619. The molecule has 6 nitrogen and oxygen atoms in total. The zero-order valence-electron chi connectivity index (χ0n) is 16.2. The monoisotopic (exact) mass is 370 g/mol. The van der Waals surface area contributed by atoms with Crippen molar-refractivity contribution >= 4 is 6.03 Å². The number of hydrogen-bond donors (Lipinski definition) is 1. The number of amides is 2. The van der Waals surface area contributed by atoms with E-state index in [4.69, 9.17) is 10.00 Å². The van der Waals surface area contributed by atoms with Crippen molar-refractivity contribution in [3.63, 3.8) is 0 Å². The lowest BCUT2D eigenvalue weighted by Crippen LogP contribution is -2.60. The third-order valence-corrected chi connectivity index (χ3v) is 5.86. The van der Waals surface area contributed by atoms with Crippen LogP contribution in [0.15, 0.2) is 24.3 Å². The van der Waals surface area contributed by atoms with Crippen molar-refractivity contribution < 1.29 is 9.53 Å². The van der Waals surface area contributed by atoms with E-state index in [0.717, 1.165) is 44.7 Å². The molecule has 1 aliphatic carbocycles. The highest BCUT2D eigenvalue weighted by Gasteiger charge is 2.38. The number of urea groups is 1. The molecule has 0 atom stereocenters. The number of nitrogens with one attached hydrogen (secondary N) is 1. The van der Waals surface area contributed by atoms with Crippen LogP contribution in [0.5, 0.6) is 0 Å². The molecule has 2 aliphatic rings. The number of hydrogen-bond acceptors (Lipinski definition) is 4. The van der Waals surface area contributed by atoms with Gasteiger partial charge in [0.25, 0.3) is 0 Å². The lowest BCUT2D eigenvalue weighted by Gasteiger charge is -2.48. The van der Waals surface area contributed by atoms with E-state index in [1.165, 1.54) is 19.3 Å². The smallest absolute Gasteiger partial charge is 0.317 e. The Morgan fingerprint density at radius 1 is 1.30 bits per heavy atom. The van der Waals surface area contributed by atoms with E-state index in [1.54, 1.807) is 18.0 Å². The highest BCUT2D eigenvalue weighted by molar-refractivity contribution is 5.74. The molecule has 0 spiro atoms. The van der Waals surface area contributed by atoms with Crippen molar-refractivity contribution in [2.45, 2.75) is 44.2 Å². The minimum absolute atomic E-state index is 0.0597. The van der Waals surface area contributed by atoms with Gasteiger partial charge in [-0.15, -0.1) is 0 Å². The normalized spacial score (nSPS) is 19.9. The van der Waals surface area contributed by atoms with E-state index in [0.29, 0.717) is 18.7 Å². The van der Waals surface area contributed by atoms with Crippen LogP contribution in [-0.2, 0) is 11.3 Å². The molecule has 1 aliphatic heterocycles. The lowest BCUT2D eigenvalue weighted by molar-refractivity contribution is -0.0360. The van der Waals surface area contributed by atoms with Crippen LogP contribution >= 0.6 is 0 Å². The van der Waals surface area contributed by atoms with Crippen molar-refractivity contribution in [1.82, 2.24) is 15.1 Å². The van der Waals surface area contributed by atoms with Crippen LogP contribution in [0.2, 0.25) is 0 Å². The van der Waals surface area contributed by atoms with Crippen molar-refractivity contribution in [1.29, 1.82) is 5.26 Å². The highest BCUT2D eigenvalue weighted by Crippen LogP contribution is 2.33. The van der Waals surface area contributed by atoms with Crippen LogP contribution in [-0.4, -0.2) is 61.3 Å². The summed E-state index contributed by atoms with van der Waals surface area (Å²) in [7, 11) is 1.80. The van der Waals surface area contributed by atoms with Gasteiger partial charge in [-0.1, -0.05) is 31.4 Å². The van der Waals surface area contributed by atoms with E-state index in [9.17, 15) is 4.79 Å². The van der Waals surface area contributed by atoms with Crippen molar-refractivity contribution in [3.05, 3.63) is 35.4 Å². The maximum atomic E-state index is 12.7. The van der Waals surface area contributed by atoms with Gasteiger partial charge in [0, 0.05) is 38.8 Å². The van der Waals surface area contributed by atoms with E-state index in [1.807, 2.05) is 18.2 Å². The number of nitriles is 1. The summed E-state index contributed by atoms with van der Waals surface area (Å²) < 4.78 is 5.52. The number of nitrogens with zero attached hydrogens (tertiary/aromatic N) is 3. The molecule has 2 fully saturated rings. The Bertz CT molecular complexity index is 673. The Labute approximate surface area is 162 Å². The molecule has 2 amide bonds. The standard InChI is InChI=1S/C21H30N4O2/c1-24(16-19-7-5-6-18(14-19)15-22)20(26)23-17-21(8-3-2-4-9-21)25-10-12-27-13-11-25/h5-7,14H,2-4,8-13,16-17H2,1H3,(H,23,26). The van der Waals surface area contributed by atoms with Crippen molar-refractivity contribution in [2.75, 3.05) is 39.9 Å². The number of morpholine rings is 1. The third-order valence-electron chi connectivity index (χ3n) is 5.86. The van der Waals surface area contributed by atoms with Gasteiger partial charge < -0.3 is 15.0 Å². The van der Waals surface area contributed by atoms with Crippen molar-refractivity contribution in [2.24, 2.45) is 0 Å². The number of benzene rings is 1. The first-order valence-corrected chi connectivity index (χ1v) is 9.94. The van der Waals surface area contributed by atoms with Crippen LogP contribution in [0.25, 0.3) is 0 Å². The summed E-state index contributed by atoms with van der Waals surface area (Å²) in [5.74, 6) is 0. The van der Waals surface area contributed by atoms with E-state index < -0.39 is 0 Å². The van der Waals surface area contributed by atoms with Crippen LogP contribution < -0.4 is 5.32 Å². The van der Waals surface area contributed by atoms with Gasteiger partial charge in [-0.05, 0) is 30.5 Å². The first kappa shape index (κ1) is 19.7. The van der Waals surface area contributed by atoms with Gasteiger partial charge in [-0.25, -0.2) is 4.79 Å². The molecule has 0 unspecified atom stereocenters. The maximum Gasteiger partial charge on any atom is 0.317 e. The zero-order valence-corrected chi connectivity index (χ0v) is 16.2. The van der Waals surface area contributed by atoms with E-state index in [2.05, 4.69) is 16.3 Å². The summed E-state index contributed by atoms with van der Waals surface area (Å²) in [6.07, 6.45) is 6.02. The molecule has 146 valence electrons. The maximum absolute atomic E-state index is 12.7. The summed E-state index contributed by atoms with van der Waals surface area (Å²) in [4.78, 5) is 16.9. The Balaban J connectivity index is 1.58. The van der Waals surface area contributed by atoms with E-state index in [-0.39, 0.29) is 11.6 Å². The van der Waals surface area contributed by atoms with Crippen LogP contribution in [0.4, 0.5) is 4.79 Å². The molecule has 1 aromatic carbocycles. The predicted molar refractivity (Wildman–Crippen MR) is 104 cm³/mol. The summed E-state index contributed by atoms with van der Waals surface area (Å²) in [6, 6.07) is 9.50. The minimum Gasteiger partial charge on any atom is -0.379 e. The molecule has 1 saturated carbocycles. The SMILES string of the molecule is CN(Cc1cccc(C#N)c1)C(=O)NCC1(N2CCOCC2)CCCCC1. The average Bonchev–Trinajstić information content (AvgIpc) is 2.73. The quantitative estimate of drug-likeness (QED) is 0.865. The van der Waals surface area contributed by atoms with Gasteiger partial charge in [0.15, 0.2) is 0 Å². The Hall–Kier alpha value is -2.10.